The molecular formula is C21H20BrIN4O4S. The summed E-state index contributed by atoms with van der Waals surface area (Å²) >= 11 is 7.36. The van der Waals surface area contributed by atoms with Crippen molar-refractivity contribution in [2.45, 2.75) is 25.4 Å². The molecule has 8 nitrogen and oxygen atoms in total. The summed E-state index contributed by atoms with van der Waals surface area (Å²) in [6.45, 7) is 2.48. The van der Waals surface area contributed by atoms with E-state index in [-0.39, 0.29) is 12.6 Å². The third-order valence-electron chi connectivity index (χ3n) is 5.14. The Balaban J connectivity index is 1.86. The van der Waals surface area contributed by atoms with E-state index in [1.807, 2.05) is 28.5 Å². The predicted octanol–water partition coefficient (Wildman–Crippen LogP) is 4.26. The number of nitrogens with zero attached hydrogens (tertiary/aromatic N) is 3. The second kappa shape index (κ2) is 9.87. The molecule has 168 valence electrons. The Morgan fingerprint density at radius 1 is 1.41 bits per heavy atom. The van der Waals surface area contributed by atoms with Gasteiger partial charge in [-0.3, -0.25) is 4.99 Å². The number of hydrogen-bond acceptors (Lipinski definition) is 8. The van der Waals surface area contributed by atoms with Crippen LogP contribution >= 0.6 is 49.9 Å². The van der Waals surface area contributed by atoms with Gasteiger partial charge in [-0.1, -0.05) is 22.0 Å². The zero-order valence-corrected chi connectivity index (χ0v) is 21.9. The van der Waals surface area contributed by atoms with Gasteiger partial charge in [-0.25, -0.2) is 14.6 Å². The molecule has 2 aliphatic heterocycles. The second-order valence-corrected chi connectivity index (χ2v) is 10.1. The topological polar surface area (TPSA) is 93.1 Å². The molecule has 2 aliphatic rings. The Morgan fingerprint density at radius 2 is 2.22 bits per heavy atom. The highest BCUT2D eigenvalue weighted by Gasteiger charge is 2.42. The Morgan fingerprint density at radius 3 is 2.88 bits per heavy atom. The molecule has 4 rings (SSSR count). The molecule has 1 amide bonds. The van der Waals surface area contributed by atoms with Crippen molar-refractivity contribution >= 4 is 67.8 Å². The molecule has 1 fully saturated rings. The molecule has 32 heavy (non-hydrogen) atoms. The van der Waals surface area contributed by atoms with Crippen LogP contribution in [0.5, 0.6) is 0 Å². The summed E-state index contributed by atoms with van der Waals surface area (Å²) < 4.78 is 12.1. The molecule has 0 aliphatic carbocycles. The van der Waals surface area contributed by atoms with E-state index in [0.29, 0.717) is 24.4 Å². The van der Waals surface area contributed by atoms with Gasteiger partial charge in [-0.05, 0) is 47.2 Å². The van der Waals surface area contributed by atoms with Gasteiger partial charge >= 0.3 is 12.1 Å². The van der Waals surface area contributed by atoms with Gasteiger partial charge in [0, 0.05) is 38.3 Å². The molecule has 0 bridgehead atoms. The maximum absolute atomic E-state index is 13.2. The third-order valence-corrected chi connectivity index (χ3v) is 7.27. The highest BCUT2D eigenvalue weighted by molar-refractivity contribution is 14.1. The van der Waals surface area contributed by atoms with E-state index >= 15 is 0 Å². The predicted molar refractivity (Wildman–Crippen MR) is 133 cm³/mol. The minimum atomic E-state index is -0.567. The summed E-state index contributed by atoms with van der Waals surface area (Å²) in [4.78, 5) is 36.4. The Hall–Kier alpha value is -1.99. The molecule has 3 heterocycles. The van der Waals surface area contributed by atoms with Crippen LogP contribution in [-0.2, 0) is 14.3 Å². The number of methoxy groups -OCH3 is 1. The summed E-state index contributed by atoms with van der Waals surface area (Å²) in [5.74, 6) is 0.260. The number of aromatic nitrogens is 1. The average Bonchev–Trinajstić information content (AvgIpc) is 3.42. The molecule has 0 radical (unpaired) electrons. The zero-order valence-electron chi connectivity index (χ0n) is 17.3. The van der Waals surface area contributed by atoms with E-state index in [1.165, 1.54) is 18.4 Å². The number of carbonyl (C=O) groups excluding carboxylic acids is 2. The Labute approximate surface area is 211 Å². The zero-order chi connectivity index (χ0) is 22.8. The van der Waals surface area contributed by atoms with Crippen molar-refractivity contribution in [3.05, 3.63) is 59.7 Å². The van der Waals surface area contributed by atoms with Crippen LogP contribution < -0.4 is 5.32 Å². The molecule has 0 saturated carbocycles. The quantitative estimate of drug-likeness (QED) is 0.392. The lowest BCUT2D eigenvalue weighted by Gasteiger charge is -2.31. The molecule has 1 aromatic heterocycles. The first kappa shape index (κ1) is 23.2. The maximum Gasteiger partial charge on any atom is 0.407 e. The number of carbonyl (C=O) groups is 2. The molecule has 0 unspecified atom stereocenters. The van der Waals surface area contributed by atoms with Gasteiger partial charge in [0.1, 0.15) is 6.04 Å². The van der Waals surface area contributed by atoms with E-state index < -0.39 is 18.1 Å². The summed E-state index contributed by atoms with van der Waals surface area (Å²) in [5.41, 5.74) is 2.11. The van der Waals surface area contributed by atoms with Crippen LogP contribution in [0.2, 0.25) is 0 Å². The molecule has 11 heteroatoms. The number of nitrogens with one attached hydrogen (secondary N) is 1. The van der Waals surface area contributed by atoms with Gasteiger partial charge < -0.3 is 19.7 Å². The number of aliphatic imine (C=N–C) groups is 1. The van der Waals surface area contributed by atoms with E-state index in [1.54, 1.807) is 13.1 Å². The van der Waals surface area contributed by atoms with Crippen LogP contribution in [0, 0.1) is 3.57 Å². The summed E-state index contributed by atoms with van der Waals surface area (Å²) in [5, 5.41) is 5.48. The number of amides is 1. The monoisotopic (exact) mass is 630 g/mol. The van der Waals surface area contributed by atoms with Crippen molar-refractivity contribution in [3.8, 4) is 0 Å². The van der Waals surface area contributed by atoms with Crippen molar-refractivity contribution in [1.29, 1.82) is 0 Å². The first-order valence-electron chi connectivity index (χ1n) is 9.87. The molecular weight excluding hydrogens is 611 g/mol. The number of thiazole rings is 1. The van der Waals surface area contributed by atoms with Crippen LogP contribution in [0.4, 0.5) is 4.79 Å². The SMILES string of the molecule is CCOC(=O)C1=C2C[C@H](NC(=O)OC)CN2C(c2nccs2)=N[C@H]1c1ccc(I)cc1Br. The lowest BCUT2D eigenvalue weighted by Crippen LogP contribution is -2.39. The minimum absolute atomic E-state index is 0.244. The van der Waals surface area contributed by atoms with Crippen molar-refractivity contribution in [1.82, 2.24) is 15.2 Å². The Kier molecular flexibility index (Phi) is 7.15. The molecule has 1 aromatic carbocycles. The molecule has 1 N–H and O–H groups in total. The van der Waals surface area contributed by atoms with E-state index in [4.69, 9.17) is 14.5 Å². The van der Waals surface area contributed by atoms with E-state index in [2.05, 4.69) is 48.8 Å². The number of esters is 1. The number of halogens is 2. The van der Waals surface area contributed by atoms with Crippen LogP contribution in [-0.4, -0.2) is 54.1 Å². The average molecular weight is 631 g/mol. The van der Waals surface area contributed by atoms with Gasteiger partial charge in [0.05, 0.1) is 25.3 Å². The van der Waals surface area contributed by atoms with Gasteiger partial charge in [0.2, 0.25) is 0 Å². The smallest absolute Gasteiger partial charge is 0.407 e. The molecule has 1 saturated heterocycles. The van der Waals surface area contributed by atoms with E-state index in [0.717, 1.165) is 24.3 Å². The van der Waals surface area contributed by atoms with E-state index in [9.17, 15) is 9.59 Å². The number of hydrogen-bond donors (Lipinski definition) is 1. The van der Waals surface area contributed by atoms with Gasteiger partial charge in [0.15, 0.2) is 10.8 Å². The standard InChI is InChI=1S/C21H20BrIN4O4S/c1-3-31-20(28)16-15-9-12(25-21(29)30-2)10-27(15)18(19-24-6-7-32-19)26-17(16)13-5-4-11(23)8-14(13)22/h4-8,12,17H,3,9-10H2,1-2H3,(H,25,29)/t12-,17-/m0/s1. The minimum Gasteiger partial charge on any atom is -0.463 e. The normalized spacial score (nSPS) is 20.0. The van der Waals surface area contributed by atoms with Crippen LogP contribution in [0.15, 0.2) is 50.5 Å². The van der Waals surface area contributed by atoms with Crippen molar-refractivity contribution in [2.24, 2.45) is 4.99 Å². The largest absolute Gasteiger partial charge is 0.463 e. The molecule has 2 aromatic rings. The van der Waals surface area contributed by atoms with Crippen molar-refractivity contribution in [3.63, 3.8) is 0 Å². The summed E-state index contributed by atoms with van der Waals surface area (Å²) in [6.07, 6.45) is 1.66. The third kappa shape index (κ3) is 4.55. The lowest BCUT2D eigenvalue weighted by atomic mass is 9.94. The maximum atomic E-state index is 13.2. The van der Waals surface area contributed by atoms with Gasteiger partial charge in [0.25, 0.3) is 0 Å². The van der Waals surface area contributed by atoms with Crippen LogP contribution in [0.1, 0.15) is 30.0 Å². The summed E-state index contributed by atoms with van der Waals surface area (Å²) in [7, 11) is 1.33. The Bertz CT molecular complexity index is 1110. The summed E-state index contributed by atoms with van der Waals surface area (Å²) in [6, 6.07) is 5.13. The number of benzene rings is 1. The number of alkyl carbamates (subject to hydrolysis) is 1. The van der Waals surface area contributed by atoms with Crippen molar-refractivity contribution in [2.75, 3.05) is 20.3 Å². The fourth-order valence-electron chi connectivity index (χ4n) is 3.84. The highest BCUT2D eigenvalue weighted by atomic mass is 127. The van der Waals surface area contributed by atoms with Gasteiger partial charge in [-0.15, -0.1) is 11.3 Å². The highest BCUT2D eigenvalue weighted by Crippen LogP contribution is 2.42. The van der Waals surface area contributed by atoms with Gasteiger partial charge in [-0.2, -0.15) is 0 Å². The van der Waals surface area contributed by atoms with Crippen molar-refractivity contribution < 1.29 is 19.1 Å². The fourth-order valence-corrected chi connectivity index (χ4v) is 5.99. The molecule has 2 atom stereocenters. The number of fused-ring (bicyclic) bond motifs is 1. The number of ether oxygens (including phenoxy) is 2. The van der Waals surface area contributed by atoms with Crippen LogP contribution in [0.3, 0.4) is 0 Å². The number of amidine groups is 1. The first-order valence-corrected chi connectivity index (χ1v) is 12.6. The number of rotatable bonds is 5. The van der Waals surface area contributed by atoms with Crippen LogP contribution in [0.25, 0.3) is 0 Å². The molecule has 0 spiro atoms. The first-order chi connectivity index (χ1) is 15.4. The fraction of sp³-hybridized carbons (Fsp3) is 0.333. The lowest BCUT2D eigenvalue weighted by molar-refractivity contribution is -0.139. The second-order valence-electron chi connectivity index (χ2n) is 7.09.